The van der Waals surface area contributed by atoms with Crippen LogP contribution in [-0.2, 0) is 19.4 Å². The summed E-state index contributed by atoms with van der Waals surface area (Å²) in [6.07, 6.45) is 2.09. The zero-order valence-corrected chi connectivity index (χ0v) is 14.4. The van der Waals surface area contributed by atoms with Crippen molar-refractivity contribution in [1.82, 2.24) is 4.57 Å². The van der Waals surface area contributed by atoms with Crippen molar-refractivity contribution in [3.8, 4) is 11.3 Å². The molecule has 0 N–H and O–H groups in total. The number of rotatable bonds is 2. The second-order valence-corrected chi connectivity index (χ2v) is 7.46. The van der Waals surface area contributed by atoms with Crippen molar-refractivity contribution in [3.05, 3.63) is 61.9 Å². The Labute approximate surface area is 142 Å². The van der Waals surface area contributed by atoms with Gasteiger partial charge in [0.05, 0.1) is 10.6 Å². The zero-order valence-electron chi connectivity index (χ0n) is 12.8. The van der Waals surface area contributed by atoms with E-state index < -0.39 is 0 Å². The first-order chi connectivity index (χ1) is 11.3. The molecule has 0 bridgehead atoms. The lowest BCUT2D eigenvalue weighted by Crippen LogP contribution is -2.17. The molecule has 0 unspecified atom stereocenters. The highest BCUT2D eigenvalue weighted by molar-refractivity contribution is 7.12. The Kier molecular flexibility index (Phi) is 3.75. The van der Waals surface area contributed by atoms with Crippen LogP contribution in [0.1, 0.15) is 27.0 Å². The molecule has 4 rings (SSSR count). The fourth-order valence-electron chi connectivity index (χ4n) is 3.06. The highest BCUT2D eigenvalue weighted by Crippen LogP contribution is 2.34. The molecule has 1 amide bonds. The van der Waals surface area contributed by atoms with Crippen molar-refractivity contribution in [2.45, 2.75) is 26.3 Å². The zero-order chi connectivity index (χ0) is 15.8. The average molecular weight is 340 g/mol. The quantitative estimate of drug-likeness (QED) is 0.690. The van der Waals surface area contributed by atoms with E-state index >= 15 is 0 Å². The highest BCUT2D eigenvalue weighted by atomic mass is 32.1. The van der Waals surface area contributed by atoms with E-state index in [1.807, 2.05) is 17.5 Å². The van der Waals surface area contributed by atoms with Crippen molar-refractivity contribution < 1.29 is 4.79 Å². The lowest BCUT2D eigenvalue weighted by Gasteiger charge is -2.17. The maximum atomic E-state index is 12.3. The number of carbonyl (C=O) groups excluding carboxylic acids is 1. The molecule has 5 heteroatoms. The minimum Gasteiger partial charge on any atom is -0.316 e. The fourth-order valence-corrected chi connectivity index (χ4v) is 4.87. The maximum Gasteiger partial charge on any atom is 0.289 e. The summed E-state index contributed by atoms with van der Waals surface area (Å²) in [4.78, 5) is 19.6. The van der Waals surface area contributed by atoms with E-state index in [0.29, 0.717) is 4.88 Å². The van der Waals surface area contributed by atoms with E-state index in [0.717, 1.165) is 24.2 Å². The monoisotopic (exact) mass is 340 g/mol. The lowest BCUT2D eigenvalue weighted by atomic mass is 9.93. The smallest absolute Gasteiger partial charge is 0.289 e. The Morgan fingerprint density at radius 1 is 1.22 bits per heavy atom. The molecule has 0 radical (unpaired) electrons. The SMILES string of the molecule is CCn1c2c(sc1=NC(=O)c1cccs1)CCc1ccccc1-2. The van der Waals surface area contributed by atoms with Crippen molar-refractivity contribution >= 4 is 28.6 Å². The third-order valence-electron chi connectivity index (χ3n) is 4.12. The van der Waals surface area contributed by atoms with Crippen molar-refractivity contribution in [3.63, 3.8) is 0 Å². The molecule has 23 heavy (non-hydrogen) atoms. The van der Waals surface area contributed by atoms with Crippen LogP contribution >= 0.6 is 22.7 Å². The average Bonchev–Trinajstić information content (AvgIpc) is 3.22. The van der Waals surface area contributed by atoms with Gasteiger partial charge in [-0.3, -0.25) is 4.79 Å². The summed E-state index contributed by atoms with van der Waals surface area (Å²) < 4.78 is 2.18. The van der Waals surface area contributed by atoms with Crippen LogP contribution in [0.3, 0.4) is 0 Å². The van der Waals surface area contributed by atoms with Gasteiger partial charge in [-0.15, -0.1) is 22.7 Å². The van der Waals surface area contributed by atoms with Gasteiger partial charge in [0, 0.05) is 17.0 Å². The van der Waals surface area contributed by atoms with Crippen LogP contribution < -0.4 is 4.80 Å². The Morgan fingerprint density at radius 3 is 2.87 bits per heavy atom. The van der Waals surface area contributed by atoms with Gasteiger partial charge >= 0.3 is 0 Å². The number of benzene rings is 1. The standard InChI is InChI=1S/C18H16N2OS2/c1-2-20-16-13-7-4-3-6-12(13)9-10-14(16)23-18(20)19-17(21)15-8-5-11-22-15/h3-8,11H,2,9-10H2,1H3. The summed E-state index contributed by atoms with van der Waals surface area (Å²) in [5.41, 5.74) is 3.92. The molecule has 116 valence electrons. The molecular formula is C18H16N2OS2. The van der Waals surface area contributed by atoms with Crippen LogP contribution in [-0.4, -0.2) is 10.5 Å². The van der Waals surface area contributed by atoms with E-state index in [9.17, 15) is 4.79 Å². The third-order valence-corrected chi connectivity index (χ3v) is 6.11. The summed E-state index contributed by atoms with van der Waals surface area (Å²) in [5.74, 6) is -0.144. The molecule has 3 aromatic rings. The predicted molar refractivity (Wildman–Crippen MR) is 95.0 cm³/mol. The van der Waals surface area contributed by atoms with Crippen molar-refractivity contribution in [2.75, 3.05) is 0 Å². The lowest BCUT2D eigenvalue weighted by molar-refractivity contribution is 0.100. The van der Waals surface area contributed by atoms with Crippen LogP contribution in [0.5, 0.6) is 0 Å². The number of amides is 1. The van der Waals surface area contributed by atoms with E-state index in [-0.39, 0.29) is 5.91 Å². The molecule has 0 spiro atoms. The number of thiazole rings is 1. The molecule has 1 aliphatic carbocycles. The number of hydrogen-bond acceptors (Lipinski definition) is 3. The first-order valence-electron chi connectivity index (χ1n) is 7.71. The molecular weight excluding hydrogens is 324 g/mol. The maximum absolute atomic E-state index is 12.3. The Morgan fingerprint density at radius 2 is 2.09 bits per heavy atom. The Bertz CT molecular complexity index is 932. The summed E-state index contributed by atoms with van der Waals surface area (Å²) in [5, 5.41) is 1.91. The number of fused-ring (bicyclic) bond motifs is 3. The number of thiophene rings is 1. The van der Waals surface area contributed by atoms with Crippen molar-refractivity contribution in [2.24, 2.45) is 4.99 Å². The second kappa shape index (κ2) is 5.91. The molecule has 1 aromatic carbocycles. The molecule has 0 saturated heterocycles. The van der Waals surface area contributed by atoms with Gasteiger partial charge in [0.2, 0.25) is 0 Å². The van der Waals surface area contributed by atoms with Gasteiger partial charge in [-0.25, -0.2) is 0 Å². The van der Waals surface area contributed by atoms with Gasteiger partial charge in [0.25, 0.3) is 5.91 Å². The molecule has 2 heterocycles. The Hall–Kier alpha value is -1.98. The minimum absolute atomic E-state index is 0.144. The first kappa shape index (κ1) is 14.6. The van der Waals surface area contributed by atoms with E-state index in [1.54, 1.807) is 11.3 Å². The van der Waals surface area contributed by atoms with Crippen LogP contribution in [0.15, 0.2) is 46.8 Å². The Balaban J connectivity index is 1.89. The van der Waals surface area contributed by atoms with Gasteiger partial charge in [-0.05, 0) is 36.8 Å². The highest BCUT2D eigenvalue weighted by Gasteiger charge is 2.22. The van der Waals surface area contributed by atoms with E-state index in [4.69, 9.17) is 0 Å². The predicted octanol–water partition coefficient (Wildman–Crippen LogP) is 4.14. The fraction of sp³-hybridized carbons (Fsp3) is 0.222. The van der Waals surface area contributed by atoms with E-state index in [1.165, 1.54) is 33.0 Å². The largest absolute Gasteiger partial charge is 0.316 e. The van der Waals surface area contributed by atoms with Crippen LogP contribution in [0.25, 0.3) is 11.3 Å². The van der Waals surface area contributed by atoms with Crippen LogP contribution in [0.2, 0.25) is 0 Å². The number of aromatic nitrogens is 1. The minimum atomic E-state index is -0.144. The van der Waals surface area contributed by atoms with Gasteiger partial charge in [0.1, 0.15) is 0 Å². The molecule has 2 aromatic heterocycles. The third kappa shape index (κ3) is 2.50. The molecule has 0 fully saturated rings. The number of nitrogens with zero attached hydrogens (tertiary/aromatic N) is 2. The van der Waals surface area contributed by atoms with E-state index in [2.05, 4.69) is 40.7 Å². The topological polar surface area (TPSA) is 34.4 Å². The van der Waals surface area contributed by atoms with Crippen molar-refractivity contribution in [1.29, 1.82) is 0 Å². The van der Waals surface area contributed by atoms with Gasteiger partial charge in [-0.1, -0.05) is 30.3 Å². The molecule has 3 nitrogen and oxygen atoms in total. The summed E-state index contributed by atoms with van der Waals surface area (Å²) >= 11 is 3.10. The molecule has 0 aliphatic heterocycles. The first-order valence-corrected chi connectivity index (χ1v) is 9.41. The molecule has 0 saturated carbocycles. The number of carbonyl (C=O) groups is 1. The second-order valence-electron chi connectivity index (χ2n) is 5.45. The summed E-state index contributed by atoms with van der Waals surface area (Å²) in [7, 11) is 0. The van der Waals surface area contributed by atoms with Crippen LogP contribution in [0.4, 0.5) is 0 Å². The van der Waals surface area contributed by atoms with Crippen LogP contribution in [0, 0.1) is 0 Å². The number of hydrogen-bond donors (Lipinski definition) is 0. The summed E-state index contributed by atoms with van der Waals surface area (Å²) in [6, 6.07) is 12.3. The summed E-state index contributed by atoms with van der Waals surface area (Å²) in [6.45, 7) is 2.93. The van der Waals surface area contributed by atoms with Gasteiger partial charge in [0.15, 0.2) is 4.80 Å². The number of aryl methyl sites for hydroxylation is 2. The molecule has 1 aliphatic rings. The van der Waals surface area contributed by atoms with Gasteiger partial charge in [-0.2, -0.15) is 4.99 Å². The normalized spacial score (nSPS) is 13.7. The molecule has 0 atom stereocenters. The van der Waals surface area contributed by atoms with Gasteiger partial charge < -0.3 is 4.57 Å².